The number of aliphatic imine (C=N–C) groups is 2. The third-order valence-electron chi connectivity index (χ3n) is 2.14. The van der Waals surface area contributed by atoms with Gasteiger partial charge in [0.1, 0.15) is 23.1 Å². The van der Waals surface area contributed by atoms with Crippen LogP contribution in [0.25, 0.3) is 0 Å². The molecule has 22 heavy (non-hydrogen) atoms. The fourth-order valence-corrected chi connectivity index (χ4v) is 1.47. The van der Waals surface area contributed by atoms with E-state index in [2.05, 4.69) is 15.3 Å². The highest BCUT2D eigenvalue weighted by Crippen LogP contribution is 2.11. The number of amides is 2. The topological polar surface area (TPSA) is 89.3 Å². The van der Waals surface area contributed by atoms with Gasteiger partial charge in [-0.05, 0) is 47.6 Å². The Morgan fingerprint density at radius 1 is 1.09 bits per heavy atom. The van der Waals surface area contributed by atoms with Crippen LogP contribution in [0.1, 0.15) is 41.5 Å². The van der Waals surface area contributed by atoms with E-state index in [9.17, 15) is 9.59 Å². The van der Waals surface area contributed by atoms with E-state index in [4.69, 9.17) is 9.47 Å². The number of amidine groups is 1. The molecule has 1 heterocycles. The number of nitrogens with zero attached hydrogens (tertiary/aromatic N) is 2. The maximum atomic E-state index is 11.9. The molecule has 0 saturated carbocycles. The third-order valence-corrected chi connectivity index (χ3v) is 2.14. The summed E-state index contributed by atoms with van der Waals surface area (Å²) in [6.07, 6.45) is 3.46. The van der Waals surface area contributed by atoms with Crippen LogP contribution < -0.4 is 5.32 Å². The van der Waals surface area contributed by atoms with E-state index >= 15 is 0 Å². The van der Waals surface area contributed by atoms with E-state index in [-0.39, 0.29) is 5.84 Å². The second kappa shape index (κ2) is 6.72. The Bertz CT molecular complexity index is 510. The lowest BCUT2D eigenvalue weighted by Crippen LogP contribution is -2.41. The second-order valence-electron chi connectivity index (χ2n) is 6.73. The van der Waals surface area contributed by atoms with E-state index in [0.717, 1.165) is 0 Å². The SMILES string of the molecule is CC(C)(C)OC(=O)/N=C(/NC(=O)OC(C)(C)C)C1C=CC=N1. The average molecular weight is 309 g/mol. The number of ether oxygens (including phenoxy) is 2. The van der Waals surface area contributed by atoms with Crippen molar-refractivity contribution in [3.05, 3.63) is 12.2 Å². The summed E-state index contributed by atoms with van der Waals surface area (Å²) in [5.41, 5.74) is -1.33. The summed E-state index contributed by atoms with van der Waals surface area (Å²) in [4.78, 5) is 31.5. The monoisotopic (exact) mass is 309 g/mol. The molecule has 7 nitrogen and oxygen atoms in total. The van der Waals surface area contributed by atoms with E-state index in [1.54, 1.807) is 59.9 Å². The van der Waals surface area contributed by atoms with Gasteiger partial charge in [-0.3, -0.25) is 10.3 Å². The van der Waals surface area contributed by atoms with Crippen LogP contribution in [-0.4, -0.2) is 41.5 Å². The quantitative estimate of drug-likeness (QED) is 0.595. The molecule has 0 radical (unpaired) electrons. The molecule has 1 atom stereocenters. The van der Waals surface area contributed by atoms with Crippen molar-refractivity contribution in [3.63, 3.8) is 0 Å². The molecule has 1 rings (SSSR count). The molecule has 1 aliphatic rings. The van der Waals surface area contributed by atoms with Crippen molar-refractivity contribution in [1.29, 1.82) is 0 Å². The molecule has 0 bridgehead atoms. The van der Waals surface area contributed by atoms with Gasteiger partial charge in [0, 0.05) is 6.21 Å². The highest BCUT2D eigenvalue weighted by molar-refractivity contribution is 6.05. The summed E-state index contributed by atoms with van der Waals surface area (Å²) in [5, 5.41) is 2.46. The van der Waals surface area contributed by atoms with Gasteiger partial charge < -0.3 is 9.47 Å². The van der Waals surface area contributed by atoms with Crippen LogP contribution in [-0.2, 0) is 9.47 Å². The number of nitrogens with one attached hydrogen (secondary N) is 1. The zero-order chi connectivity index (χ0) is 17.0. The van der Waals surface area contributed by atoms with Crippen molar-refractivity contribution in [2.45, 2.75) is 58.8 Å². The molecule has 0 aromatic carbocycles. The summed E-state index contributed by atoms with van der Waals surface area (Å²) in [6.45, 7) is 10.4. The van der Waals surface area contributed by atoms with Gasteiger partial charge in [-0.1, -0.05) is 6.08 Å². The Hall–Kier alpha value is -2.18. The fraction of sp³-hybridized carbons (Fsp3) is 0.600. The highest BCUT2D eigenvalue weighted by Gasteiger charge is 2.24. The molecule has 1 unspecified atom stereocenters. The standard InChI is InChI=1S/C15H23N3O4/c1-14(2,3)21-12(19)17-11(10-8-7-9-16-10)18-13(20)22-15(4,5)6/h7-10H,1-6H3,(H,17,18,19,20). The Kier molecular flexibility index (Phi) is 5.46. The van der Waals surface area contributed by atoms with Gasteiger partial charge in [0.15, 0.2) is 0 Å². The lowest BCUT2D eigenvalue weighted by molar-refractivity contribution is 0.0561. The molecular weight excluding hydrogens is 286 g/mol. The molecular formula is C15H23N3O4. The first-order valence-electron chi connectivity index (χ1n) is 6.98. The Morgan fingerprint density at radius 2 is 1.68 bits per heavy atom. The average Bonchev–Trinajstić information content (AvgIpc) is 2.75. The van der Waals surface area contributed by atoms with Gasteiger partial charge in [0.25, 0.3) is 0 Å². The minimum atomic E-state index is -0.797. The van der Waals surface area contributed by atoms with Crippen molar-refractivity contribution in [1.82, 2.24) is 5.32 Å². The van der Waals surface area contributed by atoms with Crippen molar-refractivity contribution >= 4 is 24.2 Å². The van der Waals surface area contributed by atoms with E-state index in [1.807, 2.05) is 0 Å². The van der Waals surface area contributed by atoms with Gasteiger partial charge >= 0.3 is 12.2 Å². The number of alkyl carbamates (subject to hydrolysis) is 1. The van der Waals surface area contributed by atoms with Crippen molar-refractivity contribution in [3.8, 4) is 0 Å². The van der Waals surface area contributed by atoms with Gasteiger partial charge in [0.05, 0.1) is 0 Å². The van der Waals surface area contributed by atoms with Crippen molar-refractivity contribution in [2.24, 2.45) is 9.98 Å². The summed E-state index contributed by atoms with van der Waals surface area (Å²) < 4.78 is 10.3. The molecule has 0 aliphatic carbocycles. The van der Waals surface area contributed by atoms with Crippen molar-refractivity contribution in [2.75, 3.05) is 0 Å². The molecule has 122 valence electrons. The van der Waals surface area contributed by atoms with Gasteiger partial charge in [-0.15, -0.1) is 0 Å². The van der Waals surface area contributed by atoms with Crippen LogP contribution >= 0.6 is 0 Å². The first-order valence-corrected chi connectivity index (χ1v) is 6.98. The zero-order valence-electron chi connectivity index (χ0n) is 13.8. The van der Waals surface area contributed by atoms with Crippen LogP contribution in [0.15, 0.2) is 22.1 Å². The van der Waals surface area contributed by atoms with Crippen LogP contribution in [0.2, 0.25) is 0 Å². The normalized spacial score (nSPS) is 18.3. The van der Waals surface area contributed by atoms with E-state index in [1.165, 1.54) is 0 Å². The number of allylic oxidation sites excluding steroid dienone is 1. The lowest BCUT2D eigenvalue weighted by atomic mass is 10.2. The third kappa shape index (κ3) is 7.01. The molecule has 0 spiro atoms. The molecule has 2 amide bonds. The maximum Gasteiger partial charge on any atom is 0.435 e. The fourth-order valence-electron chi connectivity index (χ4n) is 1.47. The summed E-state index contributed by atoms with van der Waals surface area (Å²) in [7, 11) is 0. The number of carbonyl (C=O) groups is 2. The summed E-state index contributed by atoms with van der Waals surface area (Å²) in [6, 6.07) is -0.542. The van der Waals surface area contributed by atoms with E-state index in [0.29, 0.717) is 0 Å². The number of hydrogen-bond acceptors (Lipinski definition) is 5. The van der Waals surface area contributed by atoms with E-state index < -0.39 is 29.4 Å². The summed E-state index contributed by atoms with van der Waals surface area (Å²) >= 11 is 0. The summed E-state index contributed by atoms with van der Waals surface area (Å²) in [5.74, 6) is 0.0634. The van der Waals surface area contributed by atoms with Gasteiger partial charge in [0.2, 0.25) is 0 Å². The maximum absolute atomic E-state index is 11.9. The van der Waals surface area contributed by atoms with Crippen LogP contribution in [0.5, 0.6) is 0 Å². The second-order valence-corrected chi connectivity index (χ2v) is 6.73. The Labute approximate surface area is 130 Å². The van der Waals surface area contributed by atoms with Crippen LogP contribution in [0, 0.1) is 0 Å². The number of carbonyl (C=O) groups excluding carboxylic acids is 2. The van der Waals surface area contributed by atoms with Gasteiger partial charge in [-0.2, -0.15) is 4.99 Å². The number of rotatable bonds is 1. The zero-order valence-corrected chi connectivity index (χ0v) is 13.8. The minimum Gasteiger partial charge on any atom is -0.444 e. The predicted molar refractivity (Wildman–Crippen MR) is 84.5 cm³/mol. The van der Waals surface area contributed by atoms with Gasteiger partial charge in [-0.25, -0.2) is 9.59 Å². The molecule has 0 saturated heterocycles. The lowest BCUT2D eigenvalue weighted by Gasteiger charge is -2.21. The molecule has 0 aromatic rings. The predicted octanol–water partition coefficient (Wildman–Crippen LogP) is 2.85. The highest BCUT2D eigenvalue weighted by atomic mass is 16.6. The Balaban J connectivity index is 2.85. The minimum absolute atomic E-state index is 0.0634. The molecule has 7 heteroatoms. The first-order chi connectivity index (χ1) is 9.96. The van der Waals surface area contributed by atoms with Crippen molar-refractivity contribution < 1.29 is 19.1 Å². The molecule has 1 aliphatic heterocycles. The van der Waals surface area contributed by atoms with Crippen LogP contribution in [0.4, 0.5) is 9.59 Å². The molecule has 0 fully saturated rings. The molecule has 0 aromatic heterocycles. The first kappa shape index (κ1) is 17.9. The van der Waals surface area contributed by atoms with Crippen LogP contribution in [0.3, 0.4) is 0 Å². The Morgan fingerprint density at radius 3 is 2.14 bits per heavy atom. The smallest absolute Gasteiger partial charge is 0.435 e. The molecule has 1 N–H and O–H groups in total. The largest absolute Gasteiger partial charge is 0.444 e. The number of hydrogen-bond donors (Lipinski definition) is 1.